The fourth-order valence-electron chi connectivity index (χ4n) is 2.83. The molecule has 0 N–H and O–H groups in total. The van der Waals surface area contributed by atoms with E-state index in [1.807, 2.05) is 23.8 Å². The van der Waals surface area contributed by atoms with Crippen LogP contribution in [0, 0.1) is 6.92 Å². The third-order valence-corrected chi connectivity index (χ3v) is 6.49. The second-order valence-electron chi connectivity index (χ2n) is 8.28. The zero-order chi connectivity index (χ0) is 19.1. The molecule has 3 heterocycles. The van der Waals surface area contributed by atoms with Gasteiger partial charge in [-0.1, -0.05) is 13.1 Å². The lowest BCUT2D eigenvalue weighted by Gasteiger charge is -2.30. The Labute approximate surface area is 157 Å². The van der Waals surface area contributed by atoms with Crippen LogP contribution in [0.2, 0.25) is 19.1 Å². The standard InChI is InChI=1S/C19H30N3O3Si/c1-13-21-15-10-14(17-24-18(2,3)19(4,5)25-17)11-20-16(15)22(13)12-23-8-9-26(6)7/h10-11,17H,8-9,12H2,1-7H3. The number of ether oxygens (including phenoxy) is 3. The number of hydrogen-bond donors (Lipinski definition) is 0. The smallest absolute Gasteiger partial charge is 0.186 e. The van der Waals surface area contributed by atoms with Crippen molar-refractivity contribution in [3.05, 3.63) is 23.7 Å². The maximum absolute atomic E-state index is 6.12. The van der Waals surface area contributed by atoms with Crippen LogP contribution in [0.3, 0.4) is 0 Å². The van der Waals surface area contributed by atoms with Gasteiger partial charge in [0.1, 0.15) is 18.1 Å². The van der Waals surface area contributed by atoms with E-state index in [0.717, 1.165) is 35.2 Å². The number of imidazole rings is 1. The molecule has 0 bridgehead atoms. The van der Waals surface area contributed by atoms with E-state index >= 15 is 0 Å². The Balaban J connectivity index is 1.78. The first kappa shape index (κ1) is 19.5. The van der Waals surface area contributed by atoms with Gasteiger partial charge in [0, 0.05) is 27.2 Å². The summed E-state index contributed by atoms with van der Waals surface area (Å²) in [6.07, 6.45) is 1.40. The molecule has 0 atom stereocenters. The van der Waals surface area contributed by atoms with Crippen LogP contribution < -0.4 is 0 Å². The molecule has 2 aromatic heterocycles. The summed E-state index contributed by atoms with van der Waals surface area (Å²) in [7, 11) is -0.254. The highest BCUT2D eigenvalue weighted by atomic mass is 28.3. The molecule has 0 spiro atoms. The average molecular weight is 377 g/mol. The minimum absolute atomic E-state index is 0.254. The molecule has 0 saturated carbocycles. The first-order valence-electron chi connectivity index (χ1n) is 9.16. The number of pyridine rings is 1. The van der Waals surface area contributed by atoms with Crippen molar-refractivity contribution in [2.75, 3.05) is 6.61 Å². The third-order valence-electron chi connectivity index (χ3n) is 5.29. The quantitative estimate of drug-likeness (QED) is 0.562. The van der Waals surface area contributed by atoms with Gasteiger partial charge in [0.15, 0.2) is 11.9 Å². The summed E-state index contributed by atoms with van der Waals surface area (Å²) >= 11 is 0. The van der Waals surface area contributed by atoms with Crippen molar-refractivity contribution in [3.8, 4) is 0 Å². The van der Waals surface area contributed by atoms with E-state index in [-0.39, 0.29) is 20.0 Å². The van der Waals surface area contributed by atoms with Crippen LogP contribution in [-0.2, 0) is 20.9 Å². The summed E-state index contributed by atoms with van der Waals surface area (Å²) in [5, 5.41) is 0. The molecule has 143 valence electrons. The Morgan fingerprint density at radius 1 is 1.19 bits per heavy atom. The van der Waals surface area contributed by atoms with Gasteiger partial charge in [0.2, 0.25) is 0 Å². The highest BCUT2D eigenvalue weighted by molar-refractivity contribution is 6.55. The molecule has 0 amide bonds. The molecule has 0 unspecified atom stereocenters. The molecule has 0 aromatic carbocycles. The number of rotatable bonds is 6. The van der Waals surface area contributed by atoms with E-state index in [2.05, 4.69) is 50.8 Å². The van der Waals surface area contributed by atoms with Crippen molar-refractivity contribution in [1.29, 1.82) is 0 Å². The second kappa shape index (κ2) is 7.03. The normalized spacial score (nSPS) is 19.7. The lowest BCUT2D eigenvalue weighted by molar-refractivity contribution is -0.0896. The highest BCUT2D eigenvalue weighted by Gasteiger charge is 2.49. The fraction of sp³-hybridized carbons (Fsp3) is 0.684. The topological polar surface area (TPSA) is 58.4 Å². The van der Waals surface area contributed by atoms with Crippen LogP contribution in [0.15, 0.2) is 12.3 Å². The van der Waals surface area contributed by atoms with Crippen molar-refractivity contribution in [1.82, 2.24) is 14.5 Å². The van der Waals surface area contributed by atoms with Crippen molar-refractivity contribution in [2.45, 2.75) is 78.0 Å². The molecule has 26 heavy (non-hydrogen) atoms. The summed E-state index contributed by atoms with van der Waals surface area (Å²) in [4.78, 5) is 9.27. The van der Waals surface area contributed by atoms with Crippen molar-refractivity contribution in [2.24, 2.45) is 0 Å². The predicted molar refractivity (Wildman–Crippen MR) is 104 cm³/mol. The van der Waals surface area contributed by atoms with Gasteiger partial charge in [-0.15, -0.1) is 0 Å². The number of aromatic nitrogens is 3. The summed E-state index contributed by atoms with van der Waals surface area (Å²) in [5.41, 5.74) is 1.84. The van der Waals surface area contributed by atoms with Gasteiger partial charge in [0.05, 0.1) is 11.2 Å². The van der Waals surface area contributed by atoms with E-state index in [1.165, 1.54) is 0 Å². The molecule has 1 aliphatic rings. The molecule has 2 aromatic rings. The monoisotopic (exact) mass is 376 g/mol. The number of nitrogens with zero attached hydrogens (tertiary/aromatic N) is 3. The molecular weight excluding hydrogens is 346 g/mol. The van der Waals surface area contributed by atoms with Crippen LogP contribution in [0.5, 0.6) is 0 Å². The van der Waals surface area contributed by atoms with E-state index in [1.54, 1.807) is 0 Å². The summed E-state index contributed by atoms with van der Waals surface area (Å²) < 4.78 is 20.1. The SMILES string of the molecule is Cc1nc2cc(C3OC(C)(C)C(C)(C)O3)cnc2n1COCC[Si](C)C. The van der Waals surface area contributed by atoms with E-state index in [4.69, 9.17) is 14.2 Å². The first-order valence-corrected chi connectivity index (χ1v) is 11.9. The van der Waals surface area contributed by atoms with Gasteiger partial charge in [-0.3, -0.25) is 4.57 Å². The van der Waals surface area contributed by atoms with Gasteiger partial charge >= 0.3 is 0 Å². The van der Waals surface area contributed by atoms with Crippen LogP contribution in [0.4, 0.5) is 0 Å². The Bertz CT molecular complexity index is 770. The fourth-order valence-corrected chi connectivity index (χ4v) is 3.39. The van der Waals surface area contributed by atoms with Gasteiger partial charge < -0.3 is 14.2 Å². The molecular formula is C19H30N3O3Si. The van der Waals surface area contributed by atoms with Crippen molar-refractivity contribution < 1.29 is 14.2 Å². The summed E-state index contributed by atoms with van der Waals surface area (Å²) in [6.45, 7) is 16.0. The molecule has 6 nitrogen and oxygen atoms in total. The largest absolute Gasteiger partial charge is 0.361 e. The lowest BCUT2D eigenvalue weighted by Crippen LogP contribution is -2.41. The maximum Gasteiger partial charge on any atom is 0.186 e. The van der Waals surface area contributed by atoms with Gasteiger partial charge in [0.25, 0.3) is 0 Å². The van der Waals surface area contributed by atoms with Crippen molar-refractivity contribution >= 4 is 20.0 Å². The van der Waals surface area contributed by atoms with Gasteiger partial charge in [-0.05, 0) is 46.7 Å². The number of hydrogen-bond acceptors (Lipinski definition) is 5. The van der Waals surface area contributed by atoms with E-state index in [9.17, 15) is 0 Å². The van der Waals surface area contributed by atoms with Crippen LogP contribution in [0.1, 0.15) is 45.4 Å². The number of fused-ring (bicyclic) bond motifs is 1. The maximum atomic E-state index is 6.12. The lowest BCUT2D eigenvalue weighted by atomic mass is 9.90. The van der Waals surface area contributed by atoms with Crippen LogP contribution >= 0.6 is 0 Å². The second-order valence-corrected chi connectivity index (χ2v) is 11.2. The molecule has 1 radical (unpaired) electrons. The summed E-state index contributed by atoms with van der Waals surface area (Å²) in [5.74, 6) is 0.900. The molecule has 0 aliphatic carbocycles. The zero-order valence-corrected chi connectivity index (χ0v) is 17.9. The number of aryl methyl sites for hydroxylation is 1. The van der Waals surface area contributed by atoms with Gasteiger partial charge in [-0.25, -0.2) is 9.97 Å². The van der Waals surface area contributed by atoms with Crippen molar-refractivity contribution in [3.63, 3.8) is 0 Å². The van der Waals surface area contributed by atoms with Gasteiger partial charge in [-0.2, -0.15) is 0 Å². The summed E-state index contributed by atoms with van der Waals surface area (Å²) in [6, 6.07) is 3.16. The highest BCUT2D eigenvalue weighted by Crippen LogP contribution is 2.44. The molecule has 1 aliphatic heterocycles. The average Bonchev–Trinajstić information content (AvgIpc) is 2.95. The molecule has 7 heteroatoms. The minimum Gasteiger partial charge on any atom is -0.361 e. The molecule has 3 rings (SSSR count). The Kier molecular flexibility index (Phi) is 5.27. The molecule has 1 saturated heterocycles. The van der Waals surface area contributed by atoms with Crippen LogP contribution in [-0.4, -0.2) is 41.1 Å². The minimum atomic E-state index is -0.423. The predicted octanol–water partition coefficient (Wildman–Crippen LogP) is 4.07. The van der Waals surface area contributed by atoms with E-state index < -0.39 is 6.29 Å². The third kappa shape index (κ3) is 3.71. The molecule has 1 fully saturated rings. The Hall–Kier alpha value is -1.28. The first-order chi connectivity index (χ1) is 12.1. The van der Waals surface area contributed by atoms with Crippen LogP contribution in [0.25, 0.3) is 11.2 Å². The Morgan fingerprint density at radius 3 is 2.46 bits per heavy atom. The Morgan fingerprint density at radius 2 is 1.85 bits per heavy atom. The van der Waals surface area contributed by atoms with E-state index in [0.29, 0.717) is 6.73 Å². The zero-order valence-electron chi connectivity index (χ0n) is 16.9.